The fourth-order valence-corrected chi connectivity index (χ4v) is 3.53. The summed E-state index contributed by atoms with van der Waals surface area (Å²) in [4.78, 5) is 13.7. The molecule has 3 aromatic rings. The largest absolute Gasteiger partial charge is 0.350 e. The number of thiazole rings is 1. The van der Waals surface area contributed by atoms with Gasteiger partial charge in [0.15, 0.2) is 5.82 Å². The van der Waals surface area contributed by atoms with Crippen molar-refractivity contribution in [2.24, 2.45) is 0 Å². The second kappa shape index (κ2) is 5.54. The molecule has 0 radical (unpaired) electrons. The Morgan fingerprint density at radius 3 is 2.87 bits per heavy atom. The first-order valence-corrected chi connectivity index (χ1v) is 8.52. The average Bonchev–Trinajstić information content (AvgIpc) is 3.05. The van der Waals surface area contributed by atoms with Crippen LogP contribution in [0.2, 0.25) is 0 Å². The SMILES string of the molecule is Cc1nc(CN(C)C2CN(c3nccn4c(C)nnc34)C2)cs1. The molecule has 4 rings (SSSR count). The minimum Gasteiger partial charge on any atom is -0.350 e. The Morgan fingerprint density at radius 1 is 1.30 bits per heavy atom. The number of hydrogen-bond acceptors (Lipinski definition) is 7. The molecule has 1 fully saturated rings. The molecule has 0 spiro atoms. The summed E-state index contributed by atoms with van der Waals surface area (Å²) in [7, 11) is 2.16. The van der Waals surface area contributed by atoms with Gasteiger partial charge in [-0.3, -0.25) is 9.30 Å². The van der Waals surface area contributed by atoms with E-state index in [1.54, 1.807) is 11.3 Å². The molecule has 0 N–H and O–H groups in total. The van der Waals surface area contributed by atoms with Crippen LogP contribution in [0.15, 0.2) is 17.8 Å². The predicted molar refractivity (Wildman–Crippen MR) is 89.8 cm³/mol. The Balaban J connectivity index is 1.44. The molecule has 0 unspecified atom stereocenters. The molecule has 0 atom stereocenters. The highest BCUT2D eigenvalue weighted by Gasteiger charge is 2.32. The number of likely N-dealkylation sites (N-methyl/N-ethyl adjacent to an activating group) is 1. The maximum Gasteiger partial charge on any atom is 0.203 e. The number of aromatic nitrogens is 5. The molecule has 8 heteroatoms. The average molecular weight is 329 g/mol. The van der Waals surface area contributed by atoms with Crippen molar-refractivity contribution in [3.63, 3.8) is 0 Å². The van der Waals surface area contributed by atoms with E-state index in [-0.39, 0.29) is 0 Å². The molecule has 120 valence electrons. The molecule has 1 aliphatic heterocycles. The van der Waals surface area contributed by atoms with Crippen molar-refractivity contribution in [2.45, 2.75) is 26.4 Å². The number of rotatable bonds is 4. The number of anilines is 1. The molecule has 0 aliphatic carbocycles. The number of hydrogen-bond donors (Lipinski definition) is 0. The van der Waals surface area contributed by atoms with Crippen LogP contribution in [-0.2, 0) is 6.54 Å². The van der Waals surface area contributed by atoms with Crippen LogP contribution in [-0.4, -0.2) is 55.6 Å². The highest BCUT2D eigenvalue weighted by molar-refractivity contribution is 7.09. The lowest BCUT2D eigenvalue weighted by Gasteiger charge is -2.44. The Kier molecular flexibility index (Phi) is 3.50. The normalized spacial score (nSPS) is 15.6. The van der Waals surface area contributed by atoms with Crippen molar-refractivity contribution in [3.8, 4) is 0 Å². The van der Waals surface area contributed by atoms with Crippen molar-refractivity contribution >= 4 is 22.8 Å². The maximum atomic E-state index is 4.54. The van der Waals surface area contributed by atoms with Gasteiger partial charge in [0.25, 0.3) is 0 Å². The van der Waals surface area contributed by atoms with Gasteiger partial charge in [-0.25, -0.2) is 9.97 Å². The van der Waals surface area contributed by atoms with E-state index in [1.165, 1.54) is 0 Å². The third kappa shape index (κ3) is 2.57. The highest BCUT2D eigenvalue weighted by Crippen LogP contribution is 2.25. The van der Waals surface area contributed by atoms with Gasteiger partial charge >= 0.3 is 0 Å². The first kappa shape index (κ1) is 14.5. The number of nitrogens with zero attached hydrogens (tertiary/aromatic N) is 7. The molecule has 0 bridgehead atoms. The summed E-state index contributed by atoms with van der Waals surface area (Å²) in [6.45, 7) is 6.80. The summed E-state index contributed by atoms with van der Waals surface area (Å²) in [6.07, 6.45) is 3.72. The van der Waals surface area contributed by atoms with Crippen LogP contribution < -0.4 is 4.90 Å². The van der Waals surface area contributed by atoms with Gasteiger partial charge in [-0.15, -0.1) is 21.5 Å². The van der Waals surface area contributed by atoms with Crippen LogP contribution in [0.4, 0.5) is 5.82 Å². The third-order valence-electron chi connectivity index (χ3n) is 4.34. The minimum atomic E-state index is 0.517. The summed E-state index contributed by atoms with van der Waals surface area (Å²) >= 11 is 1.71. The zero-order valence-electron chi connectivity index (χ0n) is 13.5. The smallest absolute Gasteiger partial charge is 0.203 e. The van der Waals surface area contributed by atoms with Crippen molar-refractivity contribution < 1.29 is 0 Å². The number of aryl methyl sites for hydroxylation is 2. The fraction of sp³-hybridized carbons (Fsp3) is 0.467. The Morgan fingerprint density at radius 2 is 2.13 bits per heavy atom. The van der Waals surface area contributed by atoms with Gasteiger partial charge in [0.2, 0.25) is 5.65 Å². The fourth-order valence-electron chi connectivity index (χ4n) is 2.92. The second-order valence-electron chi connectivity index (χ2n) is 6.02. The predicted octanol–water partition coefficient (Wildman–Crippen LogP) is 1.52. The van der Waals surface area contributed by atoms with Crippen molar-refractivity contribution in [1.29, 1.82) is 0 Å². The van der Waals surface area contributed by atoms with Crippen LogP contribution in [0.25, 0.3) is 5.65 Å². The van der Waals surface area contributed by atoms with Gasteiger partial charge in [-0.05, 0) is 20.9 Å². The molecule has 0 aromatic carbocycles. The lowest BCUT2D eigenvalue weighted by atomic mass is 10.1. The van der Waals surface area contributed by atoms with E-state index in [0.717, 1.165) is 47.6 Å². The maximum absolute atomic E-state index is 4.54. The monoisotopic (exact) mass is 329 g/mol. The summed E-state index contributed by atoms with van der Waals surface area (Å²) < 4.78 is 1.98. The van der Waals surface area contributed by atoms with E-state index < -0.39 is 0 Å². The van der Waals surface area contributed by atoms with E-state index in [1.807, 2.05) is 30.6 Å². The Bertz CT molecular complexity index is 833. The molecule has 1 aliphatic rings. The second-order valence-corrected chi connectivity index (χ2v) is 7.09. The van der Waals surface area contributed by atoms with Gasteiger partial charge in [-0.2, -0.15) is 0 Å². The van der Waals surface area contributed by atoms with E-state index in [9.17, 15) is 0 Å². The topological polar surface area (TPSA) is 62.5 Å². The van der Waals surface area contributed by atoms with Gasteiger partial charge in [0, 0.05) is 43.4 Å². The first-order valence-electron chi connectivity index (χ1n) is 7.64. The van der Waals surface area contributed by atoms with Crippen LogP contribution in [0.3, 0.4) is 0 Å². The summed E-state index contributed by atoms with van der Waals surface area (Å²) in [6, 6.07) is 0.517. The molecular formula is C15H19N7S. The van der Waals surface area contributed by atoms with Gasteiger partial charge in [0.1, 0.15) is 5.82 Å². The molecule has 3 aromatic heterocycles. The van der Waals surface area contributed by atoms with E-state index in [4.69, 9.17) is 0 Å². The van der Waals surface area contributed by atoms with E-state index in [2.05, 4.69) is 42.4 Å². The molecule has 7 nitrogen and oxygen atoms in total. The van der Waals surface area contributed by atoms with Crippen LogP contribution >= 0.6 is 11.3 Å². The quantitative estimate of drug-likeness (QED) is 0.723. The molecule has 23 heavy (non-hydrogen) atoms. The van der Waals surface area contributed by atoms with Gasteiger partial charge < -0.3 is 4.90 Å². The Hall–Kier alpha value is -2.06. The van der Waals surface area contributed by atoms with Crippen LogP contribution in [0.5, 0.6) is 0 Å². The standard InChI is InChI=1S/C15H19N7S/c1-10-18-19-15-14(16-4-5-22(10)15)21-7-13(8-21)20(3)6-12-9-23-11(2)17-12/h4-5,9,13H,6-8H2,1-3H3. The summed E-state index contributed by atoms with van der Waals surface area (Å²) in [5.74, 6) is 1.80. The summed E-state index contributed by atoms with van der Waals surface area (Å²) in [5, 5.41) is 11.7. The first-order chi connectivity index (χ1) is 11.1. The van der Waals surface area contributed by atoms with Crippen LogP contribution in [0.1, 0.15) is 16.5 Å². The van der Waals surface area contributed by atoms with Crippen molar-refractivity contribution in [3.05, 3.63) is 34.3 Å². The Labute approximate surface area is 138 Å². The van der Waals surface area contributed by atoms with Crippen LogP contribution in [0, 0.1) is 13.8 Å². The highest BCUT2D eigenvalue weighted by atomic mass is 32.1. The molecule has 4 heterocycles. The van der Waals surface area contributed by atoms with E-state index in [0.29, 0.717) is 6.04 Å². The molecule has 0 saturated carbocycles. The van der Waals surface area contributed by atoms with Crippen molar-refractivity contribution in [1.82, 2.24) is 29.5 Å². The molecule has 0 amide bonds. The lowest BCUT2D eigenvalue weighted by molar-refractivity contribution is 0.195. The number of fused-ring (bicyclic) bond motifs is 1. The minimum absolute atomic E-state index is 0.517. The van der Waals surface area contributed by atoms with E-state index >= 15 is 0 Å². The molecule has 1 saturated heterocycles. The van der Waals surface area contributed by atoms with Gasteiger partial charge in [-0.1, -0.05) is 0 Å². The molecular weight excluding hydrogens is 310 g/mol. The summed E-state index contributed by atoms with van der Waals surface area (Å²) in [5.41, 5.74) is 1.99. The lowest BCUT2D eigenvalue weighted by Crippen LogP contribution is -2.58. The van der Waals surface area contributed by atoms with Gasteiger partial charge in [0.05, 0.1) is 10.7 Å². The third-order valence-corrected chi connectivity index (χ3v) is 5.16. The zero-order valence-corrected chi connectivity index (χ0v) is 14.3. The van der Waals surface area contributed by atoms with Crippen molar-refractivity contribution in [2.75, 3.05) is 25.0 Å². The zero-order chi connectivity index (χ0) is 16.0.